The van der Waals surface area contributed by atoms with Crippen LogP contribution in [0.3, 0.4) is 0 Å². The van der Waals surface area contributed by atoms with Crippen molar-refractivity contribution >= 4 is 17.7 Å². The predicted octanol–water partition coefficient (Wildman–Crippen LogP) is 3.81. The van der Waals surface area contributed by atoms with Gasteiger partial charge >= 0.3 is 0 Å². The van der Waals surface area contributed by atoms with Crippen LogP contribution in [-0.4, -0.2) is 32.0 Å². The maximum Gasteiger partial charge on any atom is 0.233 e. The molecule has 3 rings (SSSR count). The number of rotatable bonds is 5. The first kappa shape index (κ1) is 19.0. The van der Waals surface area contributed by atoms with E-state index in [4.69, 9.17) is 4.42 Å². The third-order valence-corrected chi connectivity index (χ3v) is 6.75. The Balaban J connectivity index is 1.65. The van der Waals surface area contributed by atoms with Crippen molar-refractivity contribution in [3.05, 3.63) is 18.1 Å². The fraction of sp³-hybridized carbons (Fsp3) is 0.632. The van der Waals surface area contributed by atoms with E-state index in [1.54, 1.807) is 6.26 Å². The highest BCUT2D eigenvalue weighted by Crippen LogP contribution is 2.31. The van der Waals surface area contributed by atoms with Crippen LogP contribution in [0.4, 0.5) is 0 Å². The Labute approximate surface area is 159 Å². The van der Waals surface area contributed by atoms with E-state index in [9.17, 15) is 4.79 Å². The van der Waals surface area contributed by atoms with Crippen molar-refractivity contribution in [2.24, 2.45) is 18.9 Å². The molecule has 0 spiro atoms. The van der Waals surface area contributed by atoms with Crippen LogP contribution in [0.25, 0.3) is 11.4 Å². The van der Waals surface area contributed by atoms with Crippen molar-refractivity contribution in [2.75, 3.05) is 0 Å². The van der Waals surface area contributed by atoms with Gasteiger partial charge in [-0.1, -0.05) is 38.5 Å². The summed E-state index contributed by atoms with van der Waals surface area (Å²) in [6, 6.07) is 2.16. The summed E-state index contributed by atoms with van der Waals surface area (Å²) in [5.74, 6) is 2.82. The lowest BCUT2D eigenvalue weighted by Gasteiger charge is -2.35. The Morgan fingerprint density at radius 1 is 1.38 bits per heavy atom. The predicted molar refractivity (Wildman–Crippen MR) is 103 cm³/mol. The van der Waals surface area contributed by atoms with Crippen LogP contribution >= 0.6 is 11.8 Å². The third kappa shape index (κ3) is 3.82. The number of hydrogen-bond donors (Lipinski definition) is 1. The molecule has 0 aromatic carbocycles. The fourth-order valence-corrected chi connectivity index (χ4v) is 4.39. The summed E-state index contributed by atoms with van der Waals surface area (Å²) >= 11 is 1.44. The van der Waals surface area contributed by atoms with Crippen LogP contribution in [-0.2, 0) is 11.8 Å². The molecule has 2 aromatic heterocycles. The first-order valence-electron chi connectivity index (χ1n) is 9.29. The number of nitrogens with zero attached hydrogens (tertiary/aromatic N) is 3. The van der Waals surface area contributed by atoms with Crippen LogP contribution in [0.5, 0.6) is 0 Å². The molecule has 1 amide bonds. The summed E-state index contributed by atoms with van der Waals surface area (Å²) in [4.78, 5) is 12.7. The molecule has 142 valence electrons. The molecular formula is C19H28N4O2S. The molecule has 0 bridgehead atoms. The molecule has 1 aliphatic rings. The van der Waals surface area contributed by atoms with E-state index in [0.29, 0.717) is 11.8 Å². The number of amides is 1. The lowest BCUT2D eigenvalue weighted by molar-refractivity contribution is -0.121. The Kier molecular flexibility index (Phi) is 5.75. The van der Waals surface area contributed by atoms with Gasteiger partial charge in [0.25, 0.3) is 0 Å². The lowest BCUT2D eigenvalue weighted by atomic mass is 9.78. The van der Waals surface area contributed by atoms with Crippen LogP contribution in [0.15, 0.2) is 21.9 Å². The van der Waals surface area contributed by atoms with Gasteiger partial charge in [-0.15, -0.1) is 10.2 Å². The largest absolute Gasteiger partial charge is 0.469 e. The zero-order valence-corrected chi connectivity index (χ0v) is 17.0. The summed E-state index contributed by atoms with van der Waals surface area (Å²) in [7, 11) is 1.92. The lowest BCUT2D eigenvalue weighted by Crippen LogP contribution is -2.46. The minimum atomic E-state index is -0.222. The first-order valence-corrected chi connectivity index (χ1v) is 10.2. The van der Waals surface area contributed by atoms with E-state index in [2.05, 4.69) is 29.4 Å². The number of hydrogen-bond acceptors (Lipinski definition) is 5. The highest BCUT2D eigenvalue weighted by Gasteiger charge is 2.30. The molecule has 0 aliphatic heterocycles. The second-order valence-corrected chi connectivity index (χ2v) is 8.71. The standard InChI is InChI=1S/C19H28N4O2S/c1-11-7-6-8-16(12(11)2)20-18(24)14(4)26-19-22-21-17(23(19)5)15-9-10-25-13(15)3/h9-12,14,16H,6-8H2,1-5H3,(H,20,24). The molecule has 6 nitrogen and oxygen atoms in total. The molecule has 2 heterocycles. The zero-order valence-electron chi connectivity index (χ0n) is 16.2. The fourth-order valence-electron chi connectivity index (χ4n) is 3.57. The quantitative estimate of drug-likeness (QED) is 0.804. The number of furan rings is 1. The number of aryl methyl sites for hydroxylation is 1. The Morgan fingerprint density at radius 2 is 2.15 bits per heavy atom. The molecule has 0 radical (unpaired) electrons. The summed E-state index contributed by atoms with van der Waals surface area (Å²) in [6.07, 6.45) is 5.17. The van der Waals surface area contributed by atoms with E-state index in [1.165, 1.54) is 24.6 Å². The van der Waals surface area contributed by atoms with E-state index >= 15 is 0 Å². The number of thioether (sulfide) groups is 1. The number of carbonyl (C=O) groups is 1. The highest BCUT2D eigenvalue weighted by molar-refractivity contribution is 8.00. The van der Waals surface area contributed by atoms with E-state index < -0.39 is 0 Å². The van der Waals surface area contributed by atoms with Crippen LogP contribution < -0.4 is 5.32 Å². The van der Waals surface area contributed by atoms with Crippen molar-refractivity contribution in [3.63, 3.8) is 0 Å². The Hall–Kier alpha value is -1.76. The smallest absolute Gasteiger partial charge is 0.233 e. The van der Waals surface area contributed by atoms with Crippen molar-refractivity contribution in [3.8, 4) is 11.4 Å². The molecule has 7 heteroatoms. The normalized spacial score (nSPS) is 24.4. The van der Waals surface area contributed by atoms with Gasteiger partial charge < -0.3 is 14.3 Å². The number of carbonyl (C=O) groups excluding carboxylic acids is 1. The van der Waals surface area contributed by atoms with E-state index in [1.807, 2.05) is 31.5 Å². The van der Waals surface area contributed by atoms with Crippen LogP contribution in [0.2, 0.25) is 0 Å². The summed E-state index contributed by atoms with van der Waals surface area (Å²) < 4.78 is 7.27. The Morgan fingerprint density at radius 3 is 2.85 bits per heavy atom. The summed E-state index contributed by atoms with van der Waals surface area (Å²) in [6.45, 7) is 8.35. The molecule has 26 heavy (non-hydrogen) atoms. The SMILES string of the molecule is Cc1occc1-c1nnc(SC(C)C(=O)NC2CCCC(C)C2C)n1C. The monoisotopic (exact) mass is 376 g/mol. The van der Waals surface area contributed by atoms with Crippen molar-refractivity contribution in [1.29, 1.82) is 0 Å². The second-order valence-electron chi connectivity index (χ2n) is 7.40. The van der Waals surface area contributed by atoms with E-state index in [0.717, 1.165) is 28.7 Å². The third-order valence-electron chi connectivity index (χ3n) is 5.62. The minimum Gasteiger partial charge on any atom is -0.469 e. The molecule has 1 saturated carbocycles. The van der Waals surface area contributed by atoms with Gasteiger partial charge in [-0.05, 0) is 38.2 Å². The molecular weight excluding hydrogens is 348 g/mol. The molecule has 1 N–H and O–H groups in total. The van der Waals surface area contributed by atoms with Crippen molar-refractivity contribution in [1.82, 2.24) is 20.1 Å². The number of aromatic nitrogens is 3. The average molecular weight is 377 g/mol. The second kappa shape index (κ2) is 7.86. The van der Waals surface area contributed by atoms with Gasteiger partial charge in [0.15, 0.2) is 11.0 Å². The van der Waals surface area contributed by atoms with Gasteiger partial charge in [-0.3, -0.25) is 4.79 Å². The van der Waals surface area contributed by atoms with Gasteiger partial charge in [0, 0.05) is 13.1 Å². The van der Waals surface area contributed by atoms with Gasteiger partial charge in [0.2, 0.25) is 5.91 Å². The van der Waals surface area contributed by atoms with Gasteiger partial charge in [0.1, 0.15) is 5.76 Å². The van der Waals surface area contributed by atoms with Crippen LogP contribution in [0.1, 0.15) is 45.8 Å². The van der Waals surface area contributed by atoms with E-state index in [-0.39, 0.29) is 17.2 Å². The zero-order chi connectivity index (χ0) is 18.8. The minimum absolute atomic E-state index is 0.0741. The van der Waals surface area contributed by atoms with Gasteiger partial charge in [-0.25, -0.2) is 0 Å². The maximum atomic E-state index is 12.7. The van der Waals surface area contributed by atoms with Crippen molar-refractivity contribution in [2.45, 2.75) is 63.4 Å². The molecule has 0 saturated heterocycles. The molecule has 2 aromatic rings. The van der Waals surface area contributed by atoms with Crippen LogP contribution in [0, 0.1) is 18.8 Å². The first-order chi connectivity index (χ1) is 12.4. The topological polar surface area (TPSA) is 72.9 Å². The maximum absolute atomic E-state index is 12.7. The van der Waals surface area contributed by atoms with Crippen molar-refractivity contribution < 1.29 is 9.21 Å². The molecule has 4 unspecified atom stereocenters. The molecule has 1 fully saturated rings. The molecule has 4 atom stereocenters. The summed E-state index contributed by atoms with van der Waals surface area (Å²) in [5, 5.41) is 12.3. The Bertz CT molecular complexity index is 769. The summed E-state index contributed by atoms with van der Waals surface area (Å²) in [5.41, 5.74) is 0.925. The average Bonchev–Trinajstić information content (AvgIpc) is 3.18. The van der Waals surface area contributed by atoms with Gasteiger partial charge in [0.05, 0.1) is 17.1 Å². The number of nitrogens with one attached hydrogen (secondary N) is 1. The molecule has 1 aliphatic carbocycles. The highest BCUT2D eigenvalue weighted by atomic mass is 32.2. The van der Waals surface area contributed by atoms with Gasteiger partial charge in [-0.2, -0.15) is 0 Å².